The van der Waals surface area contributed by atoms with Crippen LogP contribution in [0.2, 0.25) is 0 Å². The third-order valence-corrected chi connectivity index (χ3v) is 8.82. The number of rotatable bonds is 6. The Labute approximate surface area is 170 Å². The van der Waals surface area contributed by atoms with Crippen LogP contribution in [0.3, 0.4) is 0 Å². The van der Waals surface area contributed by atoms with E-state index in [2.05, 4.69) is 12.2 Å². The zero-order chi connectivity index (χ0) is 19.3. The molecule has 1 aromatic heterocycles. The number of carbonyl (C=O) groups is 1. The molecule has 4 bridgehead atoms. The highest BCUT2D eigenvalue weighted by atomic mass is 32.1. The van der Waals surface area contributed by atoms with Crippen LogP contribution in [0.1, 0.15) is 58.3 Å². The molecule has 0 spiro atoms. The van der Waals surface area contributed by atoms with Gasteiger partial charge in [0.05, 0.1) is 10.1 Å². The molecule has 28 heavy (non-hydrogen) atoms. The number of aryl methyl sites for hydroxylation is 1. The number of nitrogens with zero attached hydrogens (tertiary/aromatic N) is 1. The van der Waals surface area contributed by atoms with Crippen molar-refractivity contribution in [1.29, 1.82) is 0 Å². The van der Waals surface area contributed by atoms with Crippen LogP contribution >= 0.6 is 11.5 Å². The monoisotopic (exact) mass is 398 g/mol. The van der Waals surface area contributed by atoms with Crippen LogP contribution in [0.5, 0.6) is 0 Å². The maximum atomic E-state index is 12.6. The van der Waals surface area contributed by atoms with Crippen molar-refractivity contribution in [2.75, 3.05) is 0 Å². The number of nitrogens with one attached hydrogen (secondary N) is 1. The Morgan fingerprint density at radius 2 is 1.82 bits per heavy atom. The van der Waals surface area contributed by atoms with Gasteiger partial charge in [0.1, 0.15) is 0 Å². The van der Waals surface area contributed by atoms with Gasteiger partial charge in [0.15, 0.2) is 0 Å². The van der Waals surface area contributed by atoms with Crippen LogP contribution in [0.15, 0.2) is 29.1 Å². The number of carbonyl (C=O) groups excluding carboxylic acids is 1. The Hall–Kier alpha value is -1.62. The predicted molar refractivity (Wildman–Crippen MR) is 114 cm³/mol. The number of hydrogen-bond donors (Lipinski definition) is 1. The van der Waals surface area contributed by atoms with Gasteiger partial charge in [-0.25, -0.2) is 0 Å². The van der Waals surface area contributed by atoms with Crippen molar-refractivity contribution in [3.63, 3.8) is 0 Å². The zero-order valence-corrected chi connectivity index (χ0v) is 17.5. The Kier molecular flexibility index (Phi) is 4.61. The minimum Gasteiger partial charge on any atom is -0.353 e. The second-order valence-electron chi connectivity index (χ2n) is 9.67. The fourth-order valence-corrected chi connectivity index (χ4v) is 7.75. The van der Waals surface area contributed by atoms with E-state index in [4.69, 9.17) is 0 Å². The number of amides is 1. The van der Waals surface area contributed by atoms with Crippen molar-refractivity contribution >= 4 is 27.5 Å². The third kappa shape index (κ3) is 3.22. The van der Waals surface area contributed by atoms with Gasteiger partial charge < -0.3 is 5.32 Å². The fraction of sp³-hybridized carbons (Fsp3) is 0.652. The highest BCUT2D eigenvalue weighted by molar-refractivity contribution is 7.13. The Bertz CT molecular complexity index is 908. The fourth-order valence-electron chi connectivity index (χ4n) is 6.72. The van der Waals surface area contributed by atoms with Gasteiger partial charge in [-0.2, -0.15) is 0 Å². The third-order valence-electron chi connectivity index (χ3n) is 7.70. The SMILES string of the molecule is C[C@@H](NC(=O)CCCn1sc2ccccc2c1=O)C12CC3CC(CC(C3)C1)C2. The lowest BCUT2D eigenvalue weighted by Crippen LogP contribution is -2.55. The Balaban J connectivity index is 1.16. The summed E-state index contributed by atoms with van der Waals surface area (Å²) in [5.74, 6) is 2.87. The largest absolute Gasteiger partial charge is 0.353 e. The van der Waals surface area contributed by atoms with E-state index in [0.29, 0.717) is 24.8 Å². The summed E-state index contributed by atoms with van der Waals surface area (Å²) in [5.41, 5.74) is 0.426. The van der Waals surface area contributed by atoms with E-state index in [1.54, 1.807) is 3.96 Å². The van der Waals surface area contributed by atoms with Gasteiger partial charge >= 0.3 is 0 Å². The average molecular weight is 399 g/mol. The van der Waals surface area contributed by atoms with E-state index >= 15 is 0 Å². The summed E-state index contributed by atoms with van der Waals surface area (Å²) in [7, 11) is 0. The molecule has 0 unspecified atom stereocenters. The highest BCUT2D eigenvalue weighted by Gasteiger charge is 2.53. The summed E-state index contributed by atoms with van der Waals surface area (Å²) in [6.45, 7) is 2.86. The van der Waals surface area contributed by atoms with E-state index < -0.39 is 0 Å². The molecule has 0 saturated heterocycles. The first kappa shape index (κ1) is 18.4. The van der Waals surface area contributed by atoms with Crippen LogP contribution in [0.4, 0.5) is 0 Å². The normalized spacial score (nSPS) is 32.0. The molecule has 5 heteroatoms. The van der Waals surface area contributed by atoms with Crippen molar-refractivity contribution in [2.24, 2.45) is 23.2 Å². The second kappa shape index (κ2) is 7.01. The smallest absolute Gasteiger partial charge is 0.268 e. The minimum absolute atomic E-state index is 0.0722. The summed E-state index contributed by atoms with van der Waals surface area (Å²) in [4.78, 5) is 25.0. The van der Waals surface area contributed by atoms with Crippen molar-refractivity contribution < 1.29 is 4.79 Å². The van der Waals surface area contributed by atoms with Crippen molar-refractivity contribution in [3.05, 3.63) is 34.6 Å². The Morgan fingerprint density at radius 3 is 2.46 bits per heavy atom. The van der Waals surface area contributed by atoms with E-state index in [-0.39, 0.29) is 17.5 Å². The van der Waals surface area contributed by atoms with Gasteiger partial charge in [-0.3, -0.25) is 13.5 Å². The molecule has 2 aromatic rings. The van der Waals surface area contributed by atoms with Crippen LogP contribution in [-0.4, -0.2) is 15.9 Å². The number of benzene rings is 1. The van der Waals surface area contributed by atoms with Gasteiger partial charge in [0, 0.05) is 19.0 Å². The summed E-state index contributed by atoms with van der Waals surface area (Å²) < 4.78 is 2.81. The molecule has 4 aliphatic carbocycles. The molecule has 4 fully saturated rings. The van der Waals surface area contributed by atoms with E-state index in [9.17, 15) is 9.59 Å². The van der Waals surface area contributed by atoms with Crippen molar-refractivity contribution in [3.8, 4) is 0 Å². The standard InChI is InChI=1S/C23H30N2O2S/c1-15(23-12-16-9-17(13-23)11-18(10-16)14-23)24-21(26)7-4-8-25-22(27)19-5-2-3-6-20(19)28-25/h2-3,5-6,15-18H,4,7-14H2,1H3,(H,24,26)/t15-,16?,17?,18?,23?/m1/s1. The highest BCUT2D eigenvalue weighted by Crippen LogP contribution is 2.61. The second-order valence-corrected chi connectivity index (χ2v) is 10.7. The molecule has 4 aliphatic rings. The lowest BCUT2D eigenvalue weighted by molar-refractivity contribution is -0.126. The van der Waals surface area contributed by atoms with E-state index in [1.165, 1.54) is 50.1 Å². The van der Waals surface area contributed by atoms with Crippen LogP contribution in [0.25, 0.3) is 10.1 Å². The van der Waals surface area contributed by atoms with Gasteiger partial charge in [0.25, 0.3) is 5.56 Å². The molecule has 6 rings (SSSR count). The topological polar surface area (TPSA) is 51.1 Å². The van der Waals surface area contributed by atoms with Gasteiger partial charge in [0.2, 0.25) is 5.91 Å². The average Bonchev–Trinajstić information content (AvgIpc) is 2.97. The lowest BCUT2D eigenvalue weighted by Gasteiger charge is -2.59. The van der Waals surface area contributed by atoms with Crippen LogP contribution < -0.4 is 10.9 Å². The summed E-state index contributed by atoms with van der Waals surface area (Å²) >= 11 is 1.50. The first-order valence-electron chi connectivity index (χ1n) is 10.9. The molecule has 1 heterocycles. The maximum absolute atomic E-state index is 12.6. The molecule has 4 saturated carbocycles. The van der Waals surface area contributed by atoms with Crippen LogP contribution in [0, 0.1) is 23.2 Å². The molecule has 1 N–H and O–H groups in total. The number of fused-ring (bicyclic) bond motifs is 1. The molecule has 1 amide bonds. The molecule has 1 aromatic carbocycles. The maximum Gasteiger partial charge on any atom is 0.268 e. The van der Waals surface area contributed by atoms with Gasteiger partial charge in [-0.1, -0.05) is 23.7 Å². The van der Waals surface area contributed by atoms with E-state index in [0.717, 1.165) is 27.8 Å². The van der Waals surface area contributed by atoms with Crippen LogP contribution in [-0.2, 0) is 11.3 Å². The van der Waals surface area contributed by atoms with E-state index in [1.807, 2.05) is 24.3 Å². The van der Waals surface area contributed by atoms with Gasteiger partial charge in [-0.15, -0.1) is 0 Å². The molecule has 4 nitrogen and oxygen atoms in total. The first-order chi connectivity index (χ1) is 13.5. The summed E-state index contributed by atoms with van der Waals surface area (Å²) in [5, 5.41) is 4.13. The summed E-state index contributed by atoms with van der Waals surface area (Å²) in [6.07, 6.45) is 9.47. The predicted octanol–water partition coefficient (Wildman–Crippen LogP) is 4.56. The molecule has 1 atom stereocenters. The van der Waals surface area contributed by atoms with Crippen molar-refractivity contribution in [1.82, 2.24) is 9.27 Å². The molecular formula is C23H30N2O2S. The first-order valence-corrected chi connectivity index (χ1v) is 11.7. The summed E-state index contributed by atoms with van der Waals surface area (Å²) in [6, 6.07) is 8.00. The quantitative estimate of drug-likeness (QED) is 0.775. The number of hydrogen-bond acceptors (Lipinski definition) is 3. The minimum atomic E-state index is 0.0722. The van der Waals surface area contributed by atoms with Crippen molar-refractivity contribution in [2.45, 2.75) is 70.9 Å². The van der Waals surface area contributed by atoms with Gasteiger partial charge in [-0.05, 0) is 87.2 Å². The molecular weight excluding hydrogens is 368 g/mol. The zero-order valence-electron chi connectivity index (χ0n) is 16.7. The number of aromatic nitrogens is 1. The lowest BCUT2D eigenvalue weighted by atomic mass is 9.48. The molecule has 150 valence electrons. The Morgan fingerprint density at radius 1 is 1.18 bits per heavy atom. The molecule has 0 aliphatic heterocycles. The molecule has 0 radical (unpaired) electrons.